The molecule has 0 unspecified atom stereocenters. The van der Waals surface area contributed by atoms with Gasteiger partial charge in [-0.05, 0) is 214 Å². The largest absolute Gasteiger partial charge is 0.309 e. The molecule has 0 amide bonds. The van der Waals surface area contributed by atoms with Crippen molar-refractivity contribution in [1.82, 2.24) is 38.2 Å². The molecule has 0 radical (unpaired) electrons. The Hall–Kier alpha value is -17.2. The first-order valence-corrected chi connectivity index (χ1v) is 43.8. The smallest absolute Gasteiger partial charge is 0.160 e. The van der Waals surface area contributed by atoms with Crippen molar-refractivity contribution in [2.45, 2.75) is 0 Å². The minimum absolute atomic E-state index is 0.691. The number of para-hydroxylation sites is 4. The summed E-state index contributed by atoms with van der Waals surface area (Å²) in [5, 5.41) is 31.7. The van der Waals surface area contributed by atoms with Crippen LogP contribution in [0.1, 0.15) is 0 Å². The molecule has 0 saturated heterocycles. The molecule has 592 valence electrons. The van der Waals surface area contributed by atoms with Crippen LogP contribution in [0, 0.1) is 0 Å². The Morgan fingerprint density at radius 3 is 0.984 bits per heavy atom. The van der Waals surface area contributed by atoms with Gasteiger partial charge in [0.05, 0.1) is 66.6 Å². The van der Waals surface area contributed by atoms with Gasteiger partial charge in [-0.3, -0.25) is 0 Å². The van der Waals surface area contributed by atoms with Gasteiger partial charge in [0.1, 0.15) is 0 Å². The zero-order valence-electron chi connectivity index (χ0n) is 69.1. The molecule has 0 aliphatic rings. The lowest BCUT2D eigenvalue weighted by Gasteiger charge is -2.14. The summed E-state index contributed by atoms with van der Waals surface area (Å²) >= 11 is 0. The summed E-state index contributed by atoms with van der Waals surface area (Å²) < 4.78 is 9.71. The van der Waals surface area contributed by atoms with Gasteiger partial charge < -0.3 is 18.3 Å². The Balaban J connectivity index is 0.000000133. The van der Waals surface area contributed by atoms with Gasteiger partial charge in [0.2, 0.25) is 0 Å². The van der Waals surface area contributed by atoms with Crippen LogP contribution in [0.4, 0.5) is 0 Å². The van der Waals surface area contributed by atoms with Crippen molar-refractivity contribution in [3.8, 4) is 68.0 Å². The fraction of sp³-hybridized carbons (Fsp3) is 0. The average Bonchev–Trinajstić information content (AvgIpc) is 1.63. The summed E-state index contributed by atoms with van der Waals surface area (Å²) in [5.74, 6) is 1.39. The van der Waals surface area contributed by atoms with Crippen molar-refractivity contribution in [2.24, 2.45) is 0 Å². The van der Waals surface area contributed by atoms with E-state index in [9.17, 15) is 0 Å². The lowest BCUT2D eigenvalue weighted by Crippen LogP contribution is -1.98. The highest BCUT2D eigenvalue weighted by atomic mass is 15.0. The van der Waals surface area contributed by atoms with Gasteiger partial charge in [-0.25, -0.2) is 19.9 Å². The molecule has 128 heavy (non-hydrogen) atoms. The van der Waals surface area contributed by atoms with E-state index in [4.69, 9.17) is 19.9 Å². The van der Waals surface area contributed by atoms with Gasteiger partial charge in [-0.1, -0.05) is 309 Å². The molecule has 0 spiro atoms. The Morgan fingerprint density at radius 2 is 0.484 bits per heavy atom. The molecule has 0 atom stereocenters. The zero-order valence-corrected chi connectivity index (χ0v) is 69.1. The molecule has 6 heterocycles. The zero-order chi connectivity index (χ0) is 83.8. The highest BCUT2D eigenvalue weighted by Crippen LogP contribution is 2.47. The molecule has 8 nitrogen and oxygen atoms in total. The number of nitrogens with zero attached hydrogens (tertiary/aromatic N) is 8. The van der Waals surface area contributed by atoms with Gasteiger partial charge in [0, 0.05) is 98.9 Å². The molecular formula is C120H72N8. The van der Waals surface area contributed by atoms with E-state index >= 15 is 0 Å². The second-order valence-electron chi connectivity index (χ2n) is 33.9. The number of aromatic nitrogens is 8. The number of benzene rings is 22. The Bertz CT molecular complexity index is 9600. The molecule has 8 heteroatoms. The van der Waals surface area contributed by atoms with Crippen LogP contribution in [0.15, 0.2) is 437 Å². The van der Waals surface area contributed by atoms with Crippen molar-refractivity contribution in [1.29, 1.82) is 0 Å². The van der Waals surface area contributed by atoms with Gasteiger partial charge in [-0.15, -0.1) is 0 Å². The number of rotatable bonds is 8. The number of hydrogen-bond donors (Lipinski definition) is 0. The first kappa shape index (κ1) is 71.4. The lowest BCUT2D eigenvalue weighted by molar-refractivity contribution is 1.16. The maximum absolute atomic E-state index is 5.46. The molecule has 0 aliphatic carbocycles. The lowest BCUT2D eigenvalue weighted by atomic mass is 9.92. The summed E-state index contributed by atoms with van der Waals surface area (Å²) in [5.41, 5.74) is 21.5. The summed E-state index contributed by atoms with van der Waals surface area (Å²) in [6.45, 7) is 0. The minimum Gasteiger partial charge on any atom is -0.309 e. The van der Waals surface area contributed by atoms with Gasteiger partial charge in [-0.2, -0.15) is 0 Å². The van der Waals surface area contributed by atoms with E-state index in [0.717, 1.165) is 100 Å². The highest BCUT2D eigenvalue weighted by Gasteiger charge is 2.25. The molecule has 28 rings (SSSR count). The molecule has 6 aromatic heterocycles. The van der Waals surface area contributed by atoms with E-state index in [1.165, 1.54) is 151 Å². The molecule has 28 aromatic rings. The van der Waals surface area contributed by atoms with Crippen molar-refractivity contribution in [2.75, 3.05) is 0 Å². The maximum Gasteiger partial charge on any atom is 0.160 e. The van der Waals surface area contributed by atoms with Gasteiger partial charge >= 0.3 is 0 Å². The SMILES string of the molecule is c1cc(-c2nc(-c3ccc4c5ccccc5c5ccccc5c4c3)c3ccccc3n2)cc(-n2c3ccc(-n4c5ccccc5c5c6ccccc6ccc54)cc3c3cc4ccccc4cc32)c1.c1cc(-c2nc(-c3cccc4ccccc34)c3ccccc3n2)cc(-n2c3ccc(-n4c5ccccc5c5c6ccccc6ccc54)cc3c3cc4ccccc4cc32)c1. The summed E-state index contributed by atoms with van der Waals surface area (Å²) in [6, 6.07) is 158. The standard InChI is InChI=1S/C64H38N4.C56H34N4/c1-2-16-41-37-61-55(35-40(41)15-1)56-38-45(67-58-27-12-10-25-53(58)62-46-19-4-3-14-39(46)29-32-60(62)67)30-33-59(56)68(61)44-18-13-17-43(34-44)64-65-57-26-11-9-24-52(57)63(66-64)42-28-31-51-49-22-6-5-20-47(49)48-21-7-8-23-50(48)54(51)36-42;1-2-16-38-33-53-47(32-37(38)15-1)48-34-41(59-50-26-10-8-23-46(50)54-43-21-6-4-14-36(43)27-29-52(54)59)28-30-51(48)60(53)40-19-11-18-39(31-40)56-57-49-25-9-7-22-45(49)55(58-56)44-24-12-17-35-13-3-5-20-42(35)44/h1-38H;1-34H. The topological polar surface area (TPSA) is 71.3 Å². The summed E-state index contributed by atoms with van der Waals surface area (Å²) in [6.07, 6.45) is 0. The van der Waals surface area contributed by atoms with Crippen LogP contribution < -0.4 is 0 Å². The van der Waals surface area contributed by atoms with Crippen LogP contribution in [-0.4, -0.2) is 38.2 Å². The van der Waals surface area contributed by atoms with Crippen molar-refractivity contribution >= 4 is 195 Å². The minimum atomic E-state index is 0.691. The Kier molecular flexibility index (Phi) is 15.7. The predicted octanol–water partition coefficient (Wildman–Crippen LogP) is 31.5. The predicted molar refractivity (Wildman–Crippen MR) is 538 cm³/mol. The van der Waals surface area contributed by atoms with E-state index < -0.39 is 0 Å². The third-order valence-corrected chi connectivity index (χ3v) is 26.9. The number of fused-ring (bicyclic) bond motifs is 27. The molecule has 22 aromatic carbocycles. The highest BCUT2D eigenvalue weighted by molar-refractivity contribution is 6.27. The van der Waals surface area contributed by atoms with Crippen LogP contribution >= 0.6 is 0 Å². The van der Waals surface area contributed by atoms with Crippen molar-refractivity contribution in [3.63, 3.8) is 0 Å². The van der Waals surface area contributed by atoms with E-state index in [1.807, 2.05) is 0 Å². The monoisotopic (exact) mass is 1620 g/mol. The molecule has 0 bridgehead atoms. The second-order valence-corrected chi connectivity index (χ2v) is 33.9. The Morgan fingerprint density at radius 1 is 0.148 bits per heavy atom. The van der Waals surface area contributed by atoms with Gasteiger partial charge in [0.25, 0.3) is 0 Å². The first-order chi connectivity index (χ1) is 63.5. The third kappa shape index (κ3) is 11.0. The Labute approximate surface area is 733 Å². The summed E-state index contributed by atoms with van der Waals surface area (Å²) in [4.78, 5) is 21.3. The maximum atomic E-state index is 5.46. The van der Waals surface area contributed by atoms with Crippen LogP contribution in [0.5, 0.6) is 0 Å². The fourth-order valence-corrected chi connectivity index (χ4v) is 21.1. The molecular weight excluding hydrogens is 1550 g/mol. The van der Waals surface area contributed by atoms with Crippen LogP contribution in [0.25, 0.3) is 263 Å². The van der Waals surface area contributed by atoms with E-state index in [0.29, 0.717) is 11.6 Å². The normalized spacial score (nSPS) is 12.1. The van der Waals surface area contributed by atoms with Gasteiger partial charge in [0.15, 0.2) is 11.6 Å². The van der Waals surface area contributed by atoms with Crippen molar-refractivity contribution < 1.29 is 0 Å². The molecule has 0 N–H and O–H groups in total. The second kappa shape index (κ2) is 28.2. The third-order valence-electron chi connectivity index (χ3n) is 26.9. The van der Waals surface area contributed by atoms with Crippen LogP contribution in [-0.2, 0) is 0 Å². The van der Waals surface area contributed by atoms with E-state index in [2.05, 4.69) is 455 Å². The molecule has 0 saturated carbocycles. The van der Waals surface area contributed by atoms with Crippen LogP contribution in [0.2, 0.25) is 0 Å². The molecule has 0 aliphatic heterocycles. The van der Waals surface area contributed by atoms with Crippen molar-refractivity contribution in [3.05, 3.63) is 437 Å². The molecule has 0 fully saturated rings. The van der Waals surface area contributed by atoms with Crippen LogP contribution in [0.3, 0.4) is 0 Å². The average molecular weight is 1630 g/mol. The quantitative estimate of drug-likeness (QED) is 0.142. The van der Waals surface area contributed by atoms with E-state index in [1.54, 1.807) is 0 Å². The van der Waals surface area contributed by atoms with E-state index in [-0.39, 0.29) is 0 Å². The summed E-state index contributed by atoms with van der Waals surface area (Å²) in [7, 11) is 0. The fourth-order valence-electron chi connectivity index (χ4n) is 21.1. The number of hydrogen-bond acceptors (Lipinski definition) is 4. The first-order valence-electron chi connectivity index (χ1n) is 43.8.